The highest BCUT2D eigenvalue weighted by atomic mass is 79.9. The summed E-state index contributed by atoms with van der Waals surface area (Å²) in [6.45, 7) is 4.57. The number of carbonyl (C=O) groups is 1. The van der Waals surface area contributed by atoms with Crippen molar-refractivity contribution in [3.63, 3.8) is 0 Å². The number of halogens is 1. The fourth-order valence-electron chi connectivity index (χ4n) is 1.81. The number of hydrogen-bond donors (Lipinski definition) is 1. The molecular formula is C15H16BrNO2S. The van der Waals surface area contributed by atoms with E-state index in [9.17, 15) is 4.79 Å². The lowest BCUT2D eigenvalue weighted by atomic mass is 10.1. The molecule has 0 saturated heterocycles. The van der Waals surface area contributed by atoms with E-state index in [1.54, 1.807) is 0 Å². The zero-order valence-electron chi connectivity index (χ0n) is 11.4. The highest BCUT2D eigenvalue weighted by molar-refractivity contribution is 9.11. The second-order valence-electron chi connectivity index (χ2n) is 4.30. The van der Waals surface area contributed by atoms with E-state index in [1.807, 2.05) is 50.2 Å². The largest absolute Gasteiger partial charge is 0.494 e. The van der Waals surface area contributed by atoms with Gasteiger partial charge in [0.15, 0.2) is 0 Å². The molecule has 1 aromatic carbocycles. The van der Waals surface area contributed by atoms with Gasteiger partial charge in [0.25, 0.3) is 5.91 Å². The van der Waals surface area contributed by atoms with E-state index in [4.69, 9.17) is 4.74 Å². The summed E-state index contributed by atoms with van der Waals surface area (Å²) in [6.07, 6.45) is 0. The van der Waals surface area contributed by atoms with Crippen LogP contribution in [-0.2, 0) is 0 Å². The fraction of sp³-hybridized carbons (Fsp3) is 0.267. The van der Waals surface area contributed by atoms with Gasteiger partial charge in [-0.25, -0.2) is 0 Å². The zero-order chi connectivity index (χ0) is 14.5. The Morgan fingerprint density at radius 1 is 1.30 bits per heavy atom. The molecule has 20 heavy (non-hydrogen) atoms. The minimum Gasteiger partial charge on any atom is -0.494 e. The van der Waals surface area contributed by atoms with E-state index in [1.165, 1.54) is 11.3 Å². The molecule has 0 aliphatic carbocycles. The van der Waals surface area contributed by atoms with Gasteiger partial charge < -0.3 is 10.1 Å². The molecule has 0 spiro atoms. The molecule has 0 radical (unpaired) electrons. The Labute approximate surface area is 131 Å². The van der Waals surface area contributed by atoms with Crippen LogP contribution in [0.1, 0.15) is 35.1 Å². The van der Waals surface area contributed by atoms with E-state index in [0.717, 1.165) is 15.1 Å². The molecule has 0 bridgehead atoms. The monoisotopic (exact) mass is 353 g/mol. The van der Waals surface area contributed by atoms with E-state index >= 15 is 0 Å². The predicted molar refractivity (Wildman–Crippen MR) is 85.5 cm³/mol. The van der Waals surface area contributed by atoms with Crippen molar-refractivity contribution in [1.29, 1.82) is 0 Å². The molecule has 0 unspecified atom stereocenters. The van der Waals surface area contributed by atoms with Crippen molar-refractivity contribution < 1.29 is 9.53 Å². The average Bonchev–Trinajstić information content (AvgIpc) is 2.86. The Morgan fingerprint density at radius 2 is 2.00 bits per heavy atom. The Hall–Kier alpha value is -1.33. The number of benzene rings is 1. The SMILES string of the molecule is CCOc1ccc([C@@H](C)NC(=O)c2ccc(Br)s2)cc1. The second-order valence-corrected chi connectivity index (χ2v) is 6.76. The molecule has 1 atom stereocenters. The van der Waals surface area contributed by atoms with Crippen LogP contribution in [0.4, 0.5) is 0 Å². The quantitative estimate of drug-likeness (QED) is 0.864. The molecule has 106 valence electrons. The molecule has 5 heteroatoms. The third kappa shape index (κ3) is 3.84. The maximum atomic E-state index is 12.1. The maximum absolute atomic E-state index is 12.1. The van der Waals surface area contributed by atoms with Gasteiger partial charge in [0.05, 0.1) is 21.3 Å². The molecule has 0 saturated carbocycles. The number of carbonyl (C=O) groups excluding carboxylic acids is 1. The summed E-state index contributed by atoms with van der Waals surface area (Å²) in [5.74, 6) is 0.791. The summed E-state index contributed by atoms with van der Waals surface area (Å²) in [7, 11) is 0. The molecule has 0 aliphatic rings. The van der Waals surface area contributed by atoms with Crippen LogP contribution in [0, 0.1) is 0 Å². The van der Waals surface area contributed by atoms with Crippen molar-refractivity contribution >= 4 is 33.2 Å². The van der Waals surface area contributed by atoms with Crippen molar-refractivity contribution in [2.75, 3.05) is 6.61 Å². The van der Waals surface area contributed by atoms with Gasteiger partial charge in [0.1, 0.15) is 5.75 Å². The molecule has 1 amide bonds. The molecule has 1 N–H and O–H groups in total. The number of amides is 1. The first-order valence-electron chi connectivity index (χ1n) is 6.39. The van der Waals surface area contributed by atoms with E-state index in [-0.39, 0.29) is 11.9 Å². The van der Waals surface area contributed by atoms with Crippen LogP contribution < -0.4 is 10.1 Å². The number of thiophene rings is 1. The molecule has 1 aromatic heterocycles. The molecule has 0 aliphatic heterocycles. The third-order valence-electron chi connectivity index (χ3n) is 2.84. The van der Waals surface area contributed by atoms with Crippen molar-refractivity contribution in [2.24, 2.45) is 0 Å². The first-order chi connectivity index (χ1) is 9.60. The number of hydrogen-bond acceptors (Lipinski definition) is 3. The van der Waals surface area contributed by atoms with Crippen LogP contribution in [0.2, 0.25) is 0 Å². The molecule has 1 heterocycles. The Morgan fingerprint density at radius 3 is 2.55 bits per heavy atom. The van der Waals surface area contributed by atoms with Gasteiger partial charge in [0, 0.05) is 0 Å². The van der Waals surface area contributed by atoms with Gasteiger partial charge in [-0.05, 0) is 59.6 Å². The summed E-state index contributed by atoms with van der Waals surface area (Å²) < 4.78 is 6.36. The normalized spacial score (nSPS) is 11.9. The van der Waals surface area contributed by atoms with Crippen LogP contribution in [-0.4, -0.2) is 12.5 Å². The Balaban J connectivity index is 2.00. The molecule has 2 aromatic rings. The first kappa shape index (κ1) is 15.1. The van der Waals surface area contributed by atoms with Crippen LogP contribution in [0.15, 0.2) is 40.2 Å². The van der Waals surface area contributed by atoms with Gasteiger partial charge in [-0.15, -0.1) is 11.3 Å². The minimum absolute atomic E-state index is 0.0425. The van der Waals surface area contributed by atoms with Crippen molar-refractivity contribution in [2.45, 2.75) is 19.9 Å². The molecule has 3 nitrogen and oxygen atoms in total. The van der Waals surface area contributed by atoms with Crippen LogP contribution in [0.3, 0.4) is 0 Å². The number of ether oxygens (including phenoxy) is 1. The summed E-state index contributed by atoms with van der Waals surface area (Å²) in [4.78, 5) is 12.8. The molecular weight excluding hydrogens is 338 g/mol. The minimum atomic E-state index is -0.0536. The van der Waals surface area contributed by atoms with Gasteiger partial charge in [-0.2, -0.15) is 0 Å². The van der Waals surface area contributed by atoms with Crippen LogP contribution in [0.5, 0.6) is 5.75 Å². The lowest BCUT2D eigenvalue weighted by Gasteiger charge is -2.14. The zero-order valence-corrected chi connectivity index (χ0v) is 13.8. The van der Waals surface area contributed by atoms with E-state index < -0.39 is 0 Å². The highest BCUT2D eigenvalue weighted by Gasteiger charge is 2.13. The molecule has 0 fully saturated rings. The summed E-state index contributed by atoms with van der Waals surface area (Å²) in [5, 5.41) is 2.99. The molecule has 2 rings (SSSR count). The standard InChI is InChI=1S/C15H16BrNO2S/c1-3-19-12-6-4-11(5-7-12)10(2)17-15(18)13-8-9-14(16)20-13/h4-10H,3H2,1-2H3,(H,17,18)/t10-/m1/s1. The first-order valence-corrected chi connectivity index (χ1v) is 8.00. The van der Waals surface area contributed by atoms with Crippen LogP contribution >= 0.6 is 27.3 Å². The smallest absolute Gasteiger partial charge is 0.261 e. The average molecular weight is 354 g/mol. The van der Waals surface area contributed by atoms with Crippen LogP contribution in [0.25, 0.3) is 0 Å². The lowest BCUT2D eigenvalue weighted by molar-refractivity contribution is 0.0944. The van der Waals surface area contributed by atoms with E-state index in [2.05, 4.69) is 21.2 Å². The highest BCUT2D eigenvalue weighted by Crippen LogP contribution is 2.23. The van der Waals surface area contributed by atoms with Crippen molar-refractivity contribution in [1.82, 2.24) is 5.32 Å². The lowest BCUT2D eigenvalue weighted by Crippen LogP contribution is -2.25. The van der Waals surface area contributed by atoms with Crippen molar-refractivity contribution in [3.8, 4) is 5.75 Å². The van der Waals surface area contributed by atoms with E-state index in [0.29, 0.717) is 11.5 Å². The number of rotatable bonds is 5. The topological polar surface area (TPSA) is 38.3 Å². The summed E-state index contributed by atoms with van der Waals surface area (Å²) in [5.41, 5.74) is 1.05. The van der Waals surface area contributed by atoms with Crippen molar-refractivity contribution in [3.05, 3.63) is 50.6 Å². The fourth-order valence-corrected chi connectivity index (χ4v) is 3.10. The predicted octanol–water partition coefficient (Wildman–Crippen LogP) is 4.40. The van der Waals surface area contributed by atoms with Gasteiger partial charge in [-0.1, -0.05) is 12.1 Å². The van der Waals surface area contributed by atoms with Gasteiger partial charge >= 0.3 is 0 Å². The second kappa shape index (κ2) is 6.90. The maximum Gasteiger partial charge on any atom is 0.261 e. The summed E-state index contributed by atoms with van der Waals surface area (Å²) in [6, 6.07) is 11.4. The van der Waals surface area contributed by atoms with Gasteiger partial charge in [0.2, 0.25) is 0 Å². The number of nitrogens with one attached hydrogen (secondary N) is 1. The summed E-state index contributed by atoms with van der Waals surface area (Å²) >= 11 is 4.79. The third-order valence-corrected chi connectivity index (χ3v) is 4.46. The van der Waals surface area contributed by atoms with Gasteiger partial charge in [-0.3, -0.25) is 4.79 Å². The Bertz CT molecular complexity index is 580. The Kier molecular flexibility index (Phi) is 5.20.